The Bertz CT molecular complexity index is 607. The van der Waals surface area contributed by atoms with Crippen LogP contribution in [0.25, 0.3) is 0 Å². The molecule has 0 aromatic heterocycles. The van der Waals surface area contributed by atoms with Crippen molar-refractivity contribution in [2.24, 2.45) is 0 Å². The lowest BCUT2D eigenvalue weighted by Crippen LogP contribution is -2.31. The van der Waals surface area contributed by atoms with Crippen LogP contribution in [0, 0.1) is 0 Å². The smallest absolute Gasteiger partial charge is 0.325 e. The number of carbonyl (C=O) groups is 2. The van der Waals surface area contributed by atoms with Crippen molar-refractivity contribution in [3.63, 3.8) is 0 Å². The fourth-order valence-electron chi connectivity index (χ4n) is 1.30. The zero-order valence-electron chi connectivity index (χ0n) is 11.1. The monoisotopic (exact) mass is 297 g/mol. The number of sulfone groups is 1. The van der Waals surface area contributed by atoms with Gasteiger partial charge >= 0.3 is 5.97 Å². The third-order valence-electron chi connectivity index (χ3n) is 2.43. The molecule has 0 fully saturated rings. The highest BCUT2D eigenvalue weighted by Crippen LogP contribution is 2.11. The maximum absolute atomic E-state index is 11.9. The second-order valence-corrected chi connectivity index (χ2v) is 5.76. The van der Waals surface area contributed by atoms with E-state index in [2.05, 4.69) is 4.74 Å². The van der Waals surface area contributed by atoms with Crippen molar-refractivity contribution in [1.29, 1.82) is 0 Å². The predicted octanol–water partition coefficient (Wildman–Crippen LogP) is 0.605. The molecule has 0 radical (unpaired) electrons. The van der Waals surface area contributed by atoms with Crippen LogP contribution >= 0.6 is 0 Å². The highest BCUT2D eigenvalue weighted by atomic mass is 32.2. The molecule has 0 saturated heterocycles. The molecule has 0 N–H and O–H groups in total. The van der Waals surface area contributed by atoms with Crippen LogP contribution in [0.15, 0.2) is 46.7 Å². The Morgan fingerprint density at radius 2 is 1.85 bits per heavy atom. The van der Waals surface area contributed by atoms with E-state index in [1.54, 1.807) is 18.2 Å². The molecule has 0 aliphatic heterocycles. The van der Waals surface area contributed by atoms with E-state index < -0.39 is 21.7 Å². The standard InChI is InChI=1S/C13H15NO5S/c1-14(10-13(16)19-2)12(15)8-9-20(17,18)11-6-4-3-5-7-11/h3-9H,10H2,1-2H3/b9-8+. The van der Waals surface area contributed by atoms with Crippen LogP contribution in [0.5, 0.6) is 0 Å². The number of rotatable bonds is 5. The summed E-state index contributed by atoms with van der Waals surface area (Å²) in [7, 11) is -1.09. The van der Waals surface area contributed by atoms with Gasteiger partial charge in [-0.3, -0.25) is 9.59 Å². The van der Waals surface area contributed by atoms with Gasteiger partial charge < -0.3 is 9.64 Å². The summed E-state index contributed by atoms with van der Waals surface area (Å²) < 4.78 is 28.2. The lowest BCUT2D eigenvalue weighted by Gasteiger charge is -2.12. The van der Waals surface area contributed by atoms with E-state index >= 15 is 0 Å². The molecule has 7 heteroatoms. The molecule has 1 aromatic rings. The third-order valence-corrected chi connectivity index (χ3v) is 3.86. The molecular formula is C13H15NO5S. The number of hydrogen-bond acceptors (Lipinski definition) is 5. The van der Waals surface area contributed by atoms with Crippen LogP contribution in [0.2, 0.25) is 0 Å². The number of benzene rings is 1. The summed E-state index contributed by atoms with van der Waals surface area (Å²) in [6, 6.07) is 7.74. The van der Waals surface area contributed by atoms with E-state index in [0.29, 0.717) is 0 Å². The molecule has 0 aliphatic carbocycles. The van der Waals surface area contributed by atoms with Gasteiger partial charge in [-0.05, 0) is 12.1 Å². The predicted molar refractivity (Wildman–Crippen MR) is 72.4 cm³/mol. The first-order valence-corrected chi connectivity index (χ1v) is 7.21. The van der Waals surface area contributed by atoms with Crippen molar-refractivity contribution >= 4 is 21.7 Å². The van der Waals surface area contributed by atoms with Gasteiger partial charge in [-0.1, -0.05) is 18.2 Å². The SMILES string of the molecule is COC(=O)CN(C)C(=O)/C=C/S(=O)(=O)c1ccccc1. The summed E-state index contributed by atoms with van der Waals surface area (Å²) in [5, 5.41) is 0.818. The molecule has 0 heterocycles. The van der Waals surface area contributed by atoms with Crippen LogP contribution in [0.1, 0.15) is 0 Å². The van der Waals surface area contributed by atoms with E-state index in [4.69, 9.17) is 0 Å². The van der Waals surface area contributed by atoms with E-state index in [-0.39, 0.29) is 11.4 Å². The molecule has 0 bridgehead atoms. The Morgan fingerprint density at radius 3 is 2.40 bits per heavy atom. The lowest BCUT2D eigenvalue weighted by atomic mass is 10.4. The minimum absolute atomic E-state index is 0.0969. The van der Waals surface area contributed by atoms with Gasteiger partial charge in [-0.2, -0.15) is 0 Å². The molecule has 1 amide bonds. The molecule has 0 aliphatic rings. The Kier molecular flexibility index (Phi) is 5.45. The van der Waals surface area contributed by atoms with E-state index in [1.165, 1.54) is 26.3 Å². The summed E-state index contributed by atoms with van der Waals surface area (Å²) >= 11 is 0. The maximum Gasteiger partial charge on any atom is 0.325 e. The molecule has 0 atom stereocenters. The average Bonchev–Trinajstić information content (AvgIpc) is 2.45. The number of esters is 1. The summed E-state index contributed by atoms with van der Waals surface area (Å²) in [6.45, 7) is -0.245. The summed E-state index contributed by atoms with van der Waals surface area (Å²) in [5.74, 6) is -1.19. The molecule has 6 nitrogen and oxygen atoms in total. The van der Waals surface area contributed by atoms with Gasteiger partial charge in [0.05, 0.1) is 12.0 Å². The van der Waals surface area contributed by atoms with Crippen LogP contribution in [0.4, 0.5) is 0 Å². The van der Waals surface area contributed by atoms with Crippen molar-refractivity contribution < 1.29 is 22.7 Å². The third kappa shape index (κ3) is 4.51. The average molecular weight is 297 g/mol. The minimum atomic E-state index is -3.67. The largest absolute Gasteiger partial charge is 0.468 e. The first kappa shape index (κ1) is 15.9. The Balaban J connectivity index is 2.77. The summed E-state index contributed by atoms with van der Waals surface area (Å²) in [6.07, 6.45) is 0.908. The summed E-state index contributed by atoms with van der Waals surface area (Å²) in [5.41, 5.74) is 0. The van der Waals surface area contributed by atoms with E-state index in [9.17, 15) is 18.0 Å². The number of amides is 1. The number of methoxy groups -OCH3 is 1. The zero-order valence-corrected chi connectivity index (χ0v) is 12.0. The Morgan fingerprint density at radius 1 is 1.25 bits per heavy atom. The number of hydrogen-bond donors (Lipinski definition) is 0. The lowest BCUT2D eigenvalue weighted by molar-refractivity contribution is -0.144. The van der Waals surface area contributed by atoms with Crippen molar-refractivity contribution in [3.8, 4) is 0 Å². The van der Waals surface area contributed by atoms with Crippen molar-refractivity contribution in [1.82, 2.24) is 4.90 Å². The van der Waals surface area contributed by atoms with Gasteiger partial charge in [-0.25, -0.2) is 8.42 Å². The number of nitrogens with zero attached hydrogens (tertiary/aromatic N) is 1. The maximum atomic E-state index is 11.9. The fourth-order valence-corrected chi connectivity index (χ4v) is 2.29. The first-order valence-electron chi connectivity index (χ1n) is 5.67. The van der Waals surface area contributed by atoms with E-state index in [0.717, 1.165) is 16.4 Å². The normalized spacial score (nSPS) is 11.3. The van der Waals surface area contributed by atoms with Gasteiger partial charge in [0.15, 0.2) is 9.84 Å². The topological polar surface area (TPSA) is 80.8 Å². The van der Waals surface area contributed by atoms with Gasteiger partial charge in [-0.15, -0.1) is 0 Å². The molecule has 0 unspecified atom stereocenters. The van der Waals surface area contributed by atoms with Crippen LogP contribution in [-0.4, -0.2) is 45.9 Å². The molecular weight excluding hydrogens is 282 g/mol. The number of carbonyl (C=O) groups excluding carboxylic acids is 2. The molecule has 1 aromatic carbocycles. The van der Waals surface area contributed by atoms with E-state index in [1.807, 2.05) is 0 Å². The van der Waals surface area contributed by atoms with Crippen LogP contribution < -0.4 is 0 Å². The zero-order chi connectivity index (χ0) is 15.2. The quantitative estimate of drug-likeness (QED) is 0.587. The van der Waals surface area contributed by atoms with Gasteiger partial charge in [0.1, 0.15) is 6.54 Å². The second-order valence-electron chi connectivity index (χ2n) is 3.93. The molecule has 0 spiro atoms. The van der Waals surface area contributed by atoms with Gasteiger partial charge in [0.25, 0.3) is 0 Å². The molecule has 0 saturated carbocycles. The Hall–Kier alpha value is -2.15. The highest BCUT2D eigenvalue weighted by Gasteiger charge is 2.13. The minimum Gasteiger partial charge on any atom is -0.468 e. The van der Waals surface area contributed by atoms with Gasteiger partial charge in [0, 0.05) is 18.5 Å². The fraction of sp³-hybridized carbons (Fsp3) is 0.231. The highest BCUT2D eigenvalue weighted by molar-refractivity contribution is 7.94. The number of ether oxygens (including phenoxy) is 1. The van der Waals surface area contributed by atoms with Crippen molar-refractivity contribution in [2.45, 2.75) is 4.90 Å². The summed E-state index contributed by atoms with van der Waals surface area (Å²) in [4.78, 5) is 23.8. The van der Waals surface area contributed by atoms with Crippen molar-refractivity contribution in [3.05, 3.63) is 41.8 Å². The first-order chi connectivity index (χ1) is 9.36. The second kappa shape index (κ2) is 6.85. The van der Waals surface area contributed by atoms with Crippen LogP contribution in [-0.2, 0) is 24.2 Å². The van der Waals surface area contributed by atoms with Crippen molar-refractivity contribution in [2.75, 3.05) is 20.7 Å². The Labute approximate surface area is 117 Å². The molecule has 1 rings (SSSR count). The number of likely N-dealkylation sites (N-methyl/N-ethyl adjacent to an activating group) is 1. The molecule has 108 valence electrons. The van der Waals surface area contributed by atoms with Gasteiger partial charge in [0.2, 0.25) is 5.91 Å². The van der Waals surface area contributed by atoms with Crippen LogP contribution in [0.3, 0.4) is 0 Å². The molecule has 20 heavy (non-hydrogen) atoms.